The van der Waals surface area contributed by atoms with Gasteiger partial charge in [-0.1, -0.05) is 19.1 Å². The lowest BCUT2D eigenvalue weighted by atomic mass is 10.1. The highest BCUT2D eigenvalue weighted by Gasteiger charge is 2.16. The summed E-state index contributed by atoms with van der Waals surface area (Å²) in [4.78, 5) is 9.25. The maximum absolute atomic E-state index is 4.66. The monoisotopic (exact) mass is 302 g/mol. The van der Waals surface area contributed by atoms with Crippen LogP contribution in [0.15, 0.2) is 24.3 Å². The van der Waals surface area contributed by atoms with E-state index in [0.717, 1.165) is 48.1 Å². The second kappa shape index (κ2) is 6.98. The van der Waals surface area contributed by atoms with Crippen LogP contribution in [0.25, 0.3) is 10.9 Å². The molecule has 0 radical (unpaired) electrons. The van der Waals surface area contributed by atoms with Crippen LogP contribution in [0.4, 0.5) is 11.8 Å². The summed E-state index contributed by atoms with van der Waals surface area (Å²) in [7, 11) is 0. The number of anilines is 2. The van der Waals surface area contributed by atoms with Gasteiger partial charge in [-0.2, -0.15) is 16.7 Å². The molecule has 21 heavy (non-hydrogen) atoms. The topological polar surface area (TPSA) is 49.8 Å². The lowest BCUT2D eigenvalue weighted by Crippen LogP contribution is -2.15. The number of para-hydroxylation sites is 1. The molecule has 2 aromatic rings. The second-order valence-electron chi connectivity index (χ2n) is 5.45. The zero-order valence-electron chi connectivity index (χ0n) is 12.4. The van der Waals surface area contributed by atoms with Crippen LogP contribution in [0.1, 0.15) is 19.8 Å². The fourth-order valence-electron chi connectivity index (χ4n) is 2.51. The average Bonchev–Trinajstić information content (AvgIpc) is 3.04. The summed E-state index contributed by atoms with van der Waals surface area (Å²) in [5.74, 6) is 4.99. The van der Waals surface area contributed by atoms with Gasteiger partial charge in [-0.3, -0.25) is 0 Å². The molecule has 1 aromatic carbocycles. The van der Waals surface area contributed by atoms with Crippen LogP contribution in [0.5, 0.6) is 0 Å². The smallest absolute Gasteiger partial charge is 0.225 e. The first-order valence-electron chi connectivity index (χ1n) is 7.69. The molecule has 1 fully saturated rings. The summed E-state index contributed by atoms with van der Waals surface area (Å²) in [6.45, 7) is 4.04. The van der Waals surface area contributed by atoms with Gasteiger partial charge in [-0.05, 0) is 42.4 Å². The van der Waals surface area contributed by atoms with E-state index in [1.54, 1.807) is 0 Å². The molecule has 0 spiro atoms. The van der Waals surface area contributed by atoms with E-state index in [9.17, 15) is 0 Å². The highest BCUT2D eigenvalue weighted by Crippen LogP contribution is 2.26. The molecule has 4 nitrogen and oxygen atoms in total. The molecule has 0 saturated carbocycles. The van der Waals surface area contributed by atoms with E-state index in [0.29, 0.717) is 0 Å². The van der Waals surface area contributed by atoms with Crippen LogP contribution < -0.4 is 10.6 Å². The molecule has 5 heteroatoms. The Morgan fingerprint density at radius 1 is 1.24 bits per heavy atom. The molecule has 0 amide bonds. The minimum atomic E-state index is 0.721. The van der Waals surface area contributed by atoms with Crippen LogP contribution in [0.2, 0.25) is 0 Å². The lowest BCUT2D eigenvalue weighted by molar-refractivity contribution is 0.631. The highest BCUT2D eigenvalue weighted by atomic mass is 32.2. The third-order valence-electron chi connectivity index (χ3n) is 3.72. The van der Waals surface area contributed by atoms with Crippen molar-refractivity contribution in [1.82, 2.24) is 9.97 Å². The van der Waals surface area contributed by atoms with E-state index >= 15 is 0 Å². The maximum Gasteiger partial charge on any atom is 0.225 e. The Morgan fingerprint density at radius 3 is 2.95 bits per heavy atom. The van der Waals surface area contributed by atoms with Crippen LogP contribution in [-0.2, 0) is 0 Å². The van der Waals surface area contributed by atoms with Gasteiger partial charge in [0.05, 0.1) is 5.52 Å². The molecule has 3 rings (SSSR count). The Morgan fingerprint density at radius 2 is 2.14 bits per heavy atom. The Labute approximate surface area is 130 Å². The zero-order valence-corrected chi connectivity index (χ0v) is 13.2. The summed E-state index contributed by atoms with van der Waals surface area (Å²) in [5, 5.41) is 7.93. The first kappa shape index (κ1) is 14.4. The molecule has 1 aliphatic heterocycles. The van der Waals surface area contributed by atoms with Crippen molar-refractivity contribution < 1.29 is 0 Å². The van der Waals surface area contributed by atoms with Gasteiger partial charge in [0.15, 0.2) is 0 Å². The summed E-state index contributed by atoms with van der Waals surface area (Å²) in [6.07, 6.45) is 2.37. The predicted octanol–water partition coefficient (Wildman–Crippen LogP) is 3.62. The average molecular weight is 302 g/mol. The van der Waals surface area contributed by atoms with Crippen molar-refractivity contribution in [3.63, 3.8) is 0 Å². The fraction of sp³-hybridized carbons (Fsp3) is 0.500. The van der Waals surface area contributed by atoms with Gasteiger partial charge in [-0.15, -0.1) is 0 Å². The Hall–Kier alpha value is -1.49. The maximum atomic E-state index is 4.66. The normalized spacial score (nSPS) is 18.0. The molecule has 1 saturated heterocycles. The number of benzene rings is 1. The van der Waals surface area contributed by atoms with E-state index in [2.05, 4.69) is 45.4 Å². The molecular formula is C16H22N4S. The van der Waals surface area contributed by atoms with Crippen molar-refractivity contribution in [1.29, 1.82) is 0 Å². The van der Waals surface area contributed by atoms with Gasteiger partial charge >= 0.3 is 0 Å². The van der Waals surface area contributed by atoms with Crippen molar-refractivity contribution in [3.8, 4) is 0 Å². The minimum absolute atomic E-state index is 0.721. The summed E-state index contributed by atoms with van der Waals surface area (Å²) < 4.78 is 0. The van der Waals surface area contributed by atoms with Gasteiger partial charge in [-0.25, -0.2) is 4.98 Å². The molecule has 1 unspecified atom stereocenters. The standard InChI is InChI=1S/C16H22N4S/c1-2-8-17-16-19-14-6-4-3-5-13(14)15(20-16)18-10-12-7-9-21-11-12/h3-6,12H,2,7-11H2,1H3,(H2,17,18,19,20). The van der Waals surface area contributed by atoms with Gasteiger partial charge in [0, 0.05) is 18.5 Å². The second-order valence-corrected chi connectivity index (χ2v) is 6.60. The summed E-state index contributed by atoms with van der Waals surface area (Å²) in [5.41, 5.74) is 0.995. The summed E-state index contributed by atoms with van der Waals surface area (Å²) >= 11 is 2.05. The van der Waals surface area contributed by atoms with E-state index < -0.39 is 0 Å². The predicted molar refractivity (Wildman–Crippen MR) is 92.2 cm³/mol. The van der Waals surface area contributed by atoms with E-state index in [1.807, 2.05) is 18.2 Å². The van der Waals surface area contributed by atoms with Gasteiger partial charge in [0.2, 0.25) is 5.95 Å². The third-order valence-corrected chi connectivity index (χ3v) is 4.95. The highest BCUT2D eigenvalue weighted by molar-refractivity contribution is 7.99. The van der Waals surface area contributed by atoms with Crippen LogP contribution in [-0.4, -0.2) is 34.6 Å². The molecule has 1 aromatic heterocycles. The van der Waals surface area contributed by atoms with Crippen LogP contribution in [0, 0.1) is 5.92 Å². The number of nitrogens with one attached hydrogen (secondary N) is 2. The van der Waals surface area contributed by atoms with Gasteiger partial charge in [0.25, 0.3) is 0 Å². The molecular weight excluding hydrogens is 280 g/mol. The van der Waals surface area contributed by atoms with Crippen molar-refractivity contribution in [2.75, 3.05) is 35.2 Å². The third kappa shape index (κ3) is 3.59. The zero-order chi connectivity index (χ0) is 14.5. The molecule has 0 bridgehead atoms. The number of fused-ring (bicyclic) bond motifs is 1. The Bertz CT molecular complexity index is 596. The van der Waals surface area contributed by atoms with Crippen LogP contribution in [0.3, 0.4) is 0 Å². The first-order valence-corrected chi connectivity index (χ1v) is 8.84. The van der Waals surface area contributed by atoms with Crippen molar-refractivity contribution in [2.45, 2.75) is 19.8 Å². The Kier molecular flexibility index (Phi) is 4.80. The molecule has 2 heterocycles. The molecule has 0 aliphatic carbocycles. The number of nitrogens with zero attached hydrogens (tertiary/aromatic N) is 2. The number of hydrogen-bond donors (Lipinski definition) is 2. The lowest BCUT2D eigenvalue weighted by Gasteiger charge is -2.14. The molecule has 2 N–H and O–H groups in total. The number of rotatable bonds is 6. The summed E-state index contributed by atoms with van der Waals surface area (Å²) in [6, 6.07) is 8.20. The van der Waals surface area contributed by atoms with Crippen molar-refractivity contribution >= 4 is 34.4 Å². The number of thioether (sulfide) groups is 1. The van der Waals surface area contributed by atoms with E-state index in [-0.39, 0.29) is 0 Å². The van der Waals surface area contributed by atoms with Crippen molar-refractivity contribution in [3.05, 3.63) is 24.3 Å². The number of aromatic nitrogens is 2. The Balaban J connectivity index is 1.82. The molecule has 1 atom stereocenters. The van der Waals surface area contributed by atoms with E-state index in [1.165, 1.54) is 17.9 Å². The quantitative estimate of drug-likeness (QED) is 0.853. The molecule has 1 aliphatic rings. The first-order chi connectivity index (χ1) is 10.4. The fourth-order valence-corrected chi connectivity index (χ4v) is 3.80. The van der Waals surface area contributed by atoms with Gasteiger partial charge in [0.1, 0.15) is 5.82 Å². The van der Waals surface area contributed by atoms with E-state index in [4.69, 9.17) is 0 Å². The van der Waals surface area contributed by atoms with Gasteiger partial charge < -0.3 is 10.6 Å². The SMILES string of the molecule is CCCNc1nc(NCC2CCSC2)c2ccccc2n1. The molecule has 112 valence electrons. The van der Waals surface area contributed by atoms with Crippen LogP contribution >= 0.6 is 11.8 Å². The largest absolute Gasteiger partial charge is 0.369 e. The van der Waals surface area contributed by atoms with Crippen molar-refractivity contribution in [2.24, 2.45) is 5.92 Å². The number of hydrogen-bond acceptors (Lipinski definition) is 5. The minimum Gasteiger partial charge on any atom is -0.369 e.